The number of halogens is 2. The predicted molar refractivity (Wildman–Crippen MR) is 58.8 cm³/mol. The fourth-order valence-corrected chi connectivity index (χ4v) is 3.05. The minimum Gasteiger partial charge on any atom is -0.296 e. The van der Waals surface area contributed by atoms with E-state index in [0.29, 0.717) is 5.56 Å². The van der Waals surface area contributed by atoms with Crippen LogP contribution in [0, 0.1) is 11.6 Å². The van der Waals surface area contributed by atoms with Crippen molar-refractivity contribution < 1.29 is 8.78 Å². The predicted octanol–water partition coefficient (Wildman–Crippen LogP) is 3.08. The van der Waals surface area contributed by atoms with E-state index in [1.807, 2.05) is 0 Å². The molecule has 82 valence electrons. The van der Waals surface area contributed by atoms with Gasteiger partial charge in [0.1, 0.15) is 0 Å². The molecule has 1 aliphatic heterocycles. The van der Waals surface area contributed by atoms with Gasteiger partial charge in [-0.1, -0.05) is 12.1 Å². The maximum Gasteiger partial charge on any atom is 0.164 e. The van der Waals surface area contributed by atoms with Crippen LogP contribution < -0.4 is 5.32 Å². The van der Waals surface area contributed by atoms with Crippen molar-refractivity contribution in [1.82, 2.24) is 5.32 Å². The van der Waals surface area contributed by atoms with E-state index in [1.165, 1.54) is 0 Å². The largest absolute Gasteiger partial charge is 0.296 e. The van der Waals surface area contributed by atoms with Gasteiger partial charge in [-0.25, -0.2) is 8.78 Å². The standard InChI is InChI=1S/C11H13F2NS/c1-11(2)6-15-10(14-11)7-4-3-5-8(12)9(7)13/h3-5,10,14H,6H2,1-2H3. The van der Waals surface area contributed by atoms with E-state index < -0.39 is 11.6 Å². The molecule has 0 spiro atoms. The van der Waals surface area contributed by atoms with E-state index in [4.69, 9.17) is 0 Å². The molecule has 0 aliphatic carbocycles. The second-order valence-electron chi connectivity index (χ2n) is 4.36. The highest BCUT2D eigenvalue weighted by Gasteiger charge is 2.33. The van der Waals surface area contributed by atoms with Crippen molar-refractivity contribution in [2.75, 3.05) is 5.75 Å². The average Bonchev–Trinajstić information content (AvgIpc) is 2.51. The number of hydrogen-bond donors (Lipinski definition) is 1. The Morgan fingerprint density at radius 2 is 2.13 bits per heavy atom. The highest BCUT2D eigenvalue weighted by Crippen LogP contribution is 2.38. The molecule has 1 saturated heterocycles. The maximum atomic E-state index is 13.5. The molecule has 1 unspecified atom stereocenters. The van der Waals surface area contributed by atoms with Crippen LogP contribution in [0.2, 0.25) is 0 Å². The minimum atomic E-state index is -0.778. The minimum absolute atomic E-state index is 0.0198. The Kier molecular flexibility index (Phi) is 2.73. The topological polar surface area (TPSA) is 12.0 Å². The first-order valence-corrected chi connectivity index (χ1v) is 5.88. The number of benzene rings is 1. The Morgan fingerprint density at radius 1 is 1.40 bits per heavy atom. The lowest BCUT2D eigenvalue weighted by Crippen LogP contribution is -2.36. The number of rotatable bonds is 1. The molecule has 15 heavy (non-hydrogen) atoms. The summed E-state index contributed by atoms with van der Waals surface area (Å²) < 4.78 is 26.5. The van der Waals surface area contributed by atoms with E-state index in [2.05, 4.69) is 19.2 Å². The van der Waals surface area contributed by atoms with Crippen LogP contribution in [-0.2, 0) is 0 Å². The molecular weight excluding hydrogens is 216 g/mol. The number of thioether (sulfide) groups is 1. The van der Waals surface area contributed by atoms with Crippen molar-refractivity contribution in [2.24, 2.45) is 0 Å². The van der Waals surface area contributed by atoms with E-state index in [0.717, 1.165) is 11.8 Å². The van der Waals surface area contributed by atoms with Gasteiger partial charge in [0.15, 0.2) is 11.6 Å². The lowest BCUT2D eigenvalue weighted by Gasteiger charge is -2.19. The molecule has 0 bridgehead atoms. The summed E-state index contributed by atoms with van der Waals surface area (Å²) in [4.78, 5) is 0. The summed E-state index contributed by atoms with van der Waals surface area (Å²) in [6.07, 6.45) is 0. The van der Waals surface area contributed by atoms with Crippen molar-refractivity contribution in [3.63, 3.8) is 0 Å². The first-order chi connectivity index (χ1) is 6.99. The fraction of sp³-hybridized carbons (Fsp3) is 0.455. The third kappa shape index (κ3) is 2.16. The van der Waals surface area contributed by atoms with Gasteiger partial charge in [-0.15, -0.1) is 11.8 Å². The molecule has 1 aromatic carbocycles. The summed E-state index contributed by atoms with van der Waals surface area (Å²) in [5, 5.41) is 3.13. The second kappa shape index (κ2) is 3.76. The molecule has 0 radical (unpaired) electrons. The lowest BCUT2D eigenvalue weighted by molar-refractivity contribution is 0.436. The maximum absolute atomic E-state index is 13.5. The molecule has 1 aromatic rings. The zero-order valence-corrected chi connectivity index (χ0v) is 9.50. The Morgan fingerprint density at radius 3 is 2.73 bits per heavy atom. The Hall–Kier alpha value is -0.610. The average molecular weight is 229 g/mol. The van der Waals surface area contributed by atoms with Crippen molar-refractivity contribution >= 4 is 11.8 Å². The van der Waals surface area contributed by atoms with Crippen molar-refractivity contribution in [3.05, 3.63) is 35.4 Å². The molecular formula is C11H13F2NS. The highest BCUT2D eigenvalue weighted by atomic mass is 32.2. The van der Waals surface area contributed by atoms with Crippen LogP contribution in [0.3, 0.4) is 0 Å². The normalized spacial score (nSPS) is 24.4. The Labute approximate surface area is 92.3 Å². The number of nitrogens with one attached hydrogen (secondary N) is 1. The van der Waals surface area contributed by atoms with Crippen LogP contribution >= 0.6 is 11.8 Å². The van der Waals surface area contributed by atoms with Gasteiger partial charge in [0.2, 0.25) is 0 Å². The SMILES string of the molecule is CC1(C)CSC(c2cccc(F)c2F)N1. The van der Waals surface area contributed by atoms with Gasteiger partial charge in [-0.2, -0.15) is 0 Å². The summed E-state index contributed by atoms with van der Waals surface area (Å²) in [5.41, 5.74) is 0.388. The summed E-state index contributed by atoms with van der Waals surface area (Å²) in [7, 11) is 0. The summed E-state index contributed by atoms with van der Waals surface area (Å²) >= 11 is 1.61. The second-order valence-corrected chi connectivity index (χ2v) is 5.46. The molecule has 0 saturated carbocycles. The fourth-order valence-electron chi connectivity index (χ4n) is 1.62. The van der Waals surface area contributed by atoms with Crippen LogP contribution in [0.5, 0.6) is 0 Å². The van der Waals surface area contributed by atoms with Crippen LogP contribution in [0.25, 0.3) is 0 Å². The summed E-state index contributed by atoms with van der Waals surface area (Å²) in [6.45, 7) is 4.11. The van der Waals surface area contributed by atoms with Crippen molar-refractivity contribution in [1.29, 1.82) is 0 Å². The first kappa shape index (κ1) is 10.9. The lowest BCUT2D eigenvalue weighted by atomic mass is 10.1. The zero-order chi connectivity index (χ0) is 11.1. The molecule has 1 atom stereocenters. The highest BCUT2D eigenvalue weighted by molar-refractivity contribution is 7.99. The summed E-state index contributed by atoms with van der Waals surface area (Å²) in [5.74, 6) is -0.618. The Balaban J connectivity index is 2.28. The van der Waals surface area contributed by atoms with Gasteiger partial charge in [-0.3, -0.25) is 5.32 Å². The molecule has 0 amide bonds. The molecule has 1 fully saturated rings. The third-order valence-electron chi connectivity index (χ3n) is 2.40. The smallest absolute Gasteiger partial charge is 0.164 e. The van der Waals surface area contributed by atoms with Crippen molar-refractivity contribution in [3.8, 4) is 0 Å². The van der Waals surface area contributed by atoms with Gasteiger partial charge in [0, 0.05) is 16.9 Å². The number of hydrogen-bond acceptors (Lipinski definition) is 2. The van der Waals surface area contributed by atoms with Gasteiger partial charge >= 0.3 is 0 Å². The summed E-state index contributed by atoms with van der Waals surface area (Å²) in [6, 6.07) is 4.31. The molecule has 1 nitrogen and oxygen atoms in total. The molecule has 1 N–H and O–H groups in total. The molecule has 1 heterocycles. The van der Waals surface area contributed by atoms with Gasteiger partial charge in [-0.05, 0) is 19.9 Å². The zero-order valence-electron chi connectivity index (χ0n) is 8.68. The monoisotopic (exact) mass is 229 g/mol. The van der Waals surface area contributed by atoms with E-state index in [-0.39, 0.29) is 10.9 Å². The van der Waals surface area contributed by atoms with Gasteiger partial charge in [0.25, 0.3) is 0 Å². The van der Waals surface area contributed by atoms with Crippen LogP contribution in [0.1, 0.15) is 24.8 Å². The van der Waals surface area contributed by atoms with Crippen LogP contribution in [0.15, 0.2) is 18.2 Å². The first-order valence-electron chi connectivity index (χ1n) is 4.83. The van der Waals surface area contributed by atoms with Gasteiger partial charge < -0.3 is 0 Å². The molecule has 1 aliphatic rings. The van der Waals surface area contributed by atoms with E-state index in [1.54, 1.807) is 23.9 Å². The van der Waals surface area contributed by atoms with Crippen molar-refractivity contribution in [2.45, 2.75) is 24.8 Å². The van der Waals surface area contributed by atoms with E-state index in [9.17, 15) is 8.78 Å². The van der Waals surface area contributed by atoms with Crippen LogP contribution in [0.4, 0.5) is 8.78 Å². The van der Waals surface area contributed by atoms with E-state index >= 15 is 0 Å². The Bertz CT molecular complexity index is 379. The molecule has 4 heteroatoms. The quantitative estimate of drug-likeness (QED) is 0.794. The molecule has 2 rings (SSSR count). The third-order valence-corrected chi connectivity index (χ3v) is 3.99. The van der Waals surface area contributed by atoms with Gasteiger partial charge in [0.05, 0.1) is 5.37 Å². The molecule has 0 aromatic heterocycles. The van der Waals surface area contributed by atoms with Crippen LogP contribution in [-0.4, -0.2) is 11.3 Å².